The number of nitrogens with two attached hydrogens (primary N) is 1. The van der Waals surface area contributed by atoms with Gasteiger partial charge < -0.3 is 16.3 Å². The van der Waals surface area contributed by atoms with Gasteiger partial charge in [-0.2, -0.15) is 0 Å². The molecular formula is C13H16FN3O2. The molecule has 6 heteroatoms. The molecule has 0 heterocycles. The predicted molar refractivity (Wildman–Crippen MR) is 69.5 cm³/mol. The zero-order chi connectivity index (χ0) is 13.8. The van der Waals surface area contributed by atoms with Gasteiger partial charge in [-0.1, -0.05) is 11.6 Å². The Labute approximate surface area is 110 Å². The minimum Gasteiger partial charge on any atom is -0.409 e. The zero-order valence-corrected chi connectivity index (χ0v) is 10.4. The largest absolute Gasteiger partial charge is 0.409 e. The van der Waals surface area contributed by atoms with E-state index >= 15 is 0 Å². The number of amidine groups is 1. The Kier molecular flexibility index (Phi) is 3.99. The van der Waals surface area contributed by atoms with Crippen LogP contribution in [0.4, 0.5) is 10.1 Å². The smallest absolute Gasteiger partial charge is 0.224 e. The van der Waals surface area contributed by atoms with Crippen LogP contribution in [0.1, 0.15) is 31.2 Å². The Bertz CT molecular complexity index is 513. The fraction of sp³-hybridized carbons (Fsp3) is 0.385. The van der Waals surface area contributed by atoms with Crippen LogP contribution in [0.2, 0.25) is 0 Å². The number of oxime groups is 1. The second-order valence-electron chi connectivity index (χ2n) is 4.73. The fourth-order valence-electron chi connectivity index (χ4n) is 2.02. The number of benzene rings is 1. The molecule has 1 saturated carbocycles. The molecule has 1 aliphatic rings. The number of carbonyl (C=O) groups excluding carboxylic acids is 1. The van der Waals surface area contributed by atoms with Gasteiger partial charge in [-0.3, -0.25) is 4.79 Å². The molecule has 0 aromatic heterocycles. The van der Waals surface area contributed by atoms with Gasteiger partial charge >= 0.3 is 0 Å². The second kappa shape index (κ2) is 5.69. The number of nitrogens with zero attached hydrogens (tertiary/aromatic N) is 1. The molecule has 0 radical (unpaired) electrons. The van der Waals surface area contributed by atoms with Gasteiger partial charge in [0.1, 0.15) is 5.82 Å². The maximum absolute atomic E-state index is 13.4. The maximum Gasteiger partial charge on any atom is 0.224 e. The van der Waals surface area contributed by atoms with Gasteiger partial charge in [0.05, 0.1) is 5.56 Å². The highest BCUT2D eigenvalue weighted by molar-refractivity contribution is 5.99. The number of anilines is 1. The normalized spacial score (nSPS) is 15.9. The van der Waals surface area contributed by atoms with Crippen LogP contribution in [0.15, 0.2) is 23.4 Å². The van der Waals surface area contributed by atoms with E-state index in [4.69, 9.17) is 10.9 Å². The Balaban J connectivity index is 2.05. The van der Waals surface area contributed by atoms with Crippen molar-refractivity contribution in [2.24, 2.45) is 16.8 Å². The number of rotatable bonds is 4. The predicted octanol–water partition coefficient (Wildman–Crippen LogP) is 2.05. The van der Waals surface area contributed by atoms with Crippen molar-refractivity contribution in [3.8, 4) is 0 Å². The quantitative estimate of drug-likeness (QED) is 0.337. The van der Waals surface area contributed by atoms with Crippen molar-refractivity contribution in [3.05, 3.63) is 29.6 Å². The van der Waals surface area contributed by atoms with E-state index in [2.05, 4.69) is 10.5 Å². The molecule has 1 aliphatic carbocycles. The van der Waals surface area contributed by atoms with E-state index < -0.39 is 5.82 Å². The number of halogens is 1. The van der Waals surface area contributed by atoms with E-state index in [1.165, 1.54) is 24.6 Å². The highest BCUT2D eigenvalue weighted by Gasteiger charge is 2.20. The summed E-state index contributed by atoms with van der Waals surface area (Å²) in [7, 11) is 0. The van der Waals surface area contributed by atoms with Crippen LogP contribution in [-0.4, -0.2) is 17.0 Å². The van der Waals surface area contributed by atoms with Gasteiger partial charge in [0.2, 0.25) is 5.91 Å². The van der Waals surface area contributed by atoms with Gasteiger partial charge in [0.25, 0.3) is 0 Å². The molecule has 4 N–H and O–H groups in total. The molecule has 1 fully saturated rings. The van der Waals surface area contributed by atoms with Crippen LogP contribution in [0.3, 0.4) is 0 Å². The number of nitrogens with one attached hydrogen (secondary N) is 1. The summed E-state index contributed by atoms with van der Waals surface area (Å²) in [5.41, 5.74) is 5.75. The lowest BCUT2D eigenvalue weighted by molar-refractivity contribution is -0.117. The van der Waals surface area contributed by atoms with Crippen molar-refractivity contribution in [1.82, 2.24) is 0 Å². The third-order valence-corrected chi connectivity index (χ3v) is 3.33. The van der Waals surface area contributed by atoms with Crippen LogP contribution in [-0.2, 0) is 4.79 Å². The highest BCUT2D eigenvalue weighted by atomic mass is 19.1. The van der Waals surface area contributed by atoms with E-state index in [9.17, 15) is 9.18 Å². The van der Waals surface area contributed by atoms with Gasteiger partial charge in [-0.05, 0) is 37.0 Å². The monoisotopic (exact) mass is 265 g/mol. The molecule has 0 atom stereocenters. The van der Waals surface area contributed by atoms with E-state index in [1.807, 2.05) is 0 Å². The number of amides is 1. The molecule has 0 bridgehead atoms. The molecule has 2 rings (SSSR count). The maximum atomic E-state index is 13.4. The number of hydrogen-bond donors (Lipinski definition) is 3. The molecule has 5 nitrogen and oxygen atoms in total. The molecule has 1 amide bonds. The summed E-state index contributed by atoms with van der Waals surface area (Å²) < 4.78 is 13.4. The van der Waals surface area contributed by atoms with Crippen LogP contribution in [0, 0.1) is 11.7 Å². The summed E-state index contributed by atoms with van der Waals surface area (Å²) in [6.07, 6.45) is 3.84. The summed E-state index contributed by atoms with van der Waals surface area (Å²) in [5, 5.41) is 14.0. The van der Waals surface area contributed by atoms with Crippen molar-refractivity contribution < 1.29 is 14.4 Å². The Hall–Kier alpha value is -2.11. The molecule has 0 unspecified atom stereocenters. The summed E-state index contributed by atoms with van der Waals surface area (Å²) >= 11 is 0. The van der Waals surface area contributed by atoms with E-state index in [0.717, 1.165) is 12.8 Å². The number of hydrogen-bond acceptors (Lipinski definition) is 3. The summed E-state index contributed by atoms with van der Waals surface area (Å²) in [6, 6.07) is 3.97. The molecule has 1 aromatic carbocycles. The Morgan fingerprint density at radius 1 is 1.53 bits per heavy atom. The van der Waals surface area contributed by atoms with Crippen LogP contribution < -0.4 is 11.1 Å². The van der Waals surface area contributed by atoms with Crippen molar-refractivity contribution in [1.29, 1.82) is 0 Å². The van der Waals surface area contributed by atoms with Gasteiger partial charge in [0, 0.05) is 12.1 Å². The van der Waals surface area contributed by atoms with Crippen LogP contribution >= 0.6 is 0 Å². The lowest BCUT2D eigenvalue weighted by atomic mass is 9.83. The van der Waals surface area contributed by atoms with Gasteiger partial charge in [-0.25, -0.2) is 4.39 Å². The highest BCUT2D eigenvalue weighted by Crippen LogP contribution is 2.29. The van der Waals surface area contributed by atoms with E-state index in [-0.39, 0.29) is 17.3 Å². The van der Waals surface area contributed by atoms with Crippen molar-refractivity contribution >= 4 is 17.4 Å². The van der Waals surface area contributed by atoms with Gasteiger partial charge in [-0.15, -0.1) is 0 Å². The first-order valence-corrected chi connectivity index (χ1v) is 6.17. The third-order valence-electron chi connectivity index (χ3n) is 3.33. The van der Waals surface area contributed by atoms with Crippen molar-refractivity contribution in [2.75, 3.05) is 5.32 Å². The topological polar surface area (TPSA) is 87.7 Å². The van der Waals surface area contributed by atoms with Crippen LogP contribution in [0.5, 0.6) is 0 Å². The van der Waals surface area contributed by atoms with Crippen LogP contribution in [0.25, 0.3) is 0 Å². The van der Waals surface area contributed by atoms with E-state index in [0.29, 0.717) is 18.0 Å². The fourth-order valence-corrected chi connectivity index (χ4v) is 2.02. The van der Waals surface area contributed by atoms with Gasteiger partial charge in [0.15, 0.2) is 5.84 Å². The summed E-state index contributed by atoms with van der Waals surface area (Å²) in [6.45, 7) is 0. The molecule has 1 aromatic rings. The minimum atomic E-state index is -0.604. The number of carbonyl (C=O) groups is 1. The lowest BCUT2D eigenvalue weighted by Gasteiger charge is -2.24. The van der Waals surface area contributed by atoms with Crippen molar-refractivity contribution in [2.45, 2.75) is 25.7 Å². The molecule has 0 saturated heterocycles. The molecule has 102 valence electrons. The molecule has 0 spiro atoms. The lowest BCUT2D eigenvalue weighted by Crippen LogP contribution is -2.21. The Morgan fingerprint density at radius 3 is 2.84 bits per heavy atom. The van der Waals surface area contributed by atoms with Crippen molar-refractivity contribution in [3.63, 3.8) is 0 Å². The third kappa shape index (κ3) is 3.21. The first-order chi connectivity index (χ1) is 9.10. The van der Waals surface area contributed by atoms with E-state index in [1.54, 1.807) is 0 Å². The zero-order valence-electron chi connectivity index (χ0n) is 10.4. The minimum absolute atomic E-state index is 0.0380. The second-order valence-corrected chi connectivity index (χ2v) is 4.73. The summed E-state index contributed by atoms with van der Waals surface area (Å²) in [4.78, 5) is 11.7. The average Bonchev–Trinajstić information content (AvgIpc) is 2.35. The Morgan fingerprint density at radius 2 is 2.26 bits per heavy atom. The first-order valence-electron chi connectivity index (χ1n) is 6.17. The molecule has 0 aliphatic heterocycles. The average molecular weight is 265 g/mol. The molecule has 19 heavy (non-hydrogen) atoms. The first kappa shape index (κ1) is 13.3. The summed E-state index contributed by atoms with van der Waals surface area (Å²) in [5.74, 6) is -0.564. The molecular weight excluding hydrogens is 249 g/mol. The SMILES string of the molecule is N/C(=N/O)c1cc(NC(=O)CC2CCC2)ccc1F. The standard InChI is InChI=1S/C13H16FN3O2/c14-11-5-4-9(7-10(11)13(15)17-19)16-12(18)6-8-2-1-3-8/h4-5,7-8,19H,1-3,6H2,(H2,15,17)(H,16,18).